The average molecular weight is 388 g/mol. The lowest BCUT2D eigenvalue weighted by atomic mass is 10.1. The molecule has 3 aromatic carbocycles. The van der Waals surface area contributed by atoms with Crippen molar-refractivity contribution in [3.8, 4) is 0 Å². The number of benzene rings is 3. The molecule has 0 aliphatic carbocycles. The molecule has 0 saturated heterocycles. The number of aromatic amines is 1. The highest BCUT2D eigenvalue weighted by molar-refractivity contribution is 6.30. The van der Waals surface area contributed by atoms with Crippen molar-refractivity contribution >= 4 is 56.4 Å². The highest BCUT2D eigenvalue weighted by atomic mass is 35.5. The second kappa shape index (κ2) is 6.79. The van der Waals surface area contributed by atoms with Crippen LogP contribution in [0.15, 0.2) is 66.7 Å². The van der Waals surface area contributed by atoms with Gasteiger partial charge < -0.3 is 10.6 Å². The van der Waals surface area contributed by atoms with Crippen molar-refractivity contribution in [3.63, 3.8) is 0 Å². The van der Waals surface area contributed by atoms with Crippen LogP contribution < -0.4 is 10.6 Å². The Morgan fingerprint density at radius 1 is 0.714 bits per heavy atom. The van der Waals surface area contributed by atoms with Crippen molar-refractivity contribution in [2.24, 2.45) is 0 Å². The van der Waals surface area contributed by atoms with Crippen molar-refractivity contribution in [1.82, 2.24) is 25.6 Å². The zero-order chi connectivity index (χ0) is 18.9. The number of nitrogens with one attached hydrogen (secondary N) is 3. The normalized spacial score (nSPS) is 11.0. The molecule has 2 heterocycles. The maximum atomic E-state index is 5.96. The Balaban J connectivity index is 1.52. The fourth-order valence-corrected chi connectivity index (χ4v) is 3.14. The van der Waals surface area contributed by atoms with Gasteiger partial charge in [-0.2, -0.15) is 0 Å². The molecule has 7 nitrogen and oxygen atoms in total. The molecule has 28 heavy (non-hydrogen) atoms. The van der Waals surface area contributed by atoms with Crippen LogP contribution in [0.5, 0.6) is 0 Å². The van der Waals surface area contributed by atoms with Gasteiger partial charge in [-0.1, -0.05) is 41.1 Å². The number of hydrogen-bond acceptors (Lipinski definition) is 6. The Morgan fingerprint density at radius 3 is 2.07 bits per heavy atom. The Kier molecular flexibility index (Phi) is 3.99. The molecule has 0 bridgehead atoms. The monoisotopic (exact) mass is 387 g/mol. The lowest BCUT2D eigenvalue weighted by Crippen LogP contribution is -2.01. The van der Waals surface area contributed by atoms with Crippen LogP contribution in [0.3, 0.4) is 0 Å². The third kappa shape index (κ3) is 3.08. The minimum Gasteiger partial charge on any atom is -0.338 e. The molecule has 2 aromatic heterocycles. The zero-order valence-electron chi connectivity index (χ0n) is 14.5. The summed E-state index contributed by atoms with van der Waals surface area (Å²) in [5, 5.41) is 28.7. The third-order valence-corrected chi connectivity index (χ3v) is 4.63. The standard InChI is InChI=1S/C20H14ClN7/c21-12-5-7-13(8-6-12)22-19-15-3-1-2-4-16(15)20(27-26-19)23-14-9-10-17-18(11-14)25-28-24-17/h1-11H,(H,22,26)(H,23,27)(H,24,25,28). The van der Waals surface area contributed by atoms with Gasteiger partial charge in [0.25, 0.3) is 0 Å². The summed E-state index contributed by atoms with van der Waals surface area (Å²) in [6, 6.07) is 21.2. The van der Waals surface area contributed by atoms with Gasteiger partial charge in [-0.25, -0.2) is 0 Å². The predicted molar refractivity (Wildman–Crippen MR) is 111 cm³/mol. The zero-order valence-corrected chi connectivity index (χ0v) is 15.3. The molecule has 0 fully saturated rings. The van der Waals surface area contributed by atoms with E-state index in [2.05, 4.69) is 36.2 Å². The molecule has 0 unspecified atom stereocenters. The second-order valence-corrected chi connectivity index (χ2v) is 6.68. The highest BCUT2D eigenvalue weighted by Crippen LogP contribution is 2.30. The number of rotatable bonds is 4. The van der Waals surface area contributed by atoms with Crippen LogP contribution in [0, 0.1) is 0 Å². The van der Waals surface area contributed by atoms with Gasteiger partial charge in [0.2, 0.25) is 0 Å². The molecule has 3 N–H and O–H groups in total. The van der Waals surface area contributed by atoms with Gasteiger partial charge >= 0.3 is 0 Å². The van der Waals surface area contributed by atoms with Crippen molar-refractivity contribution in [3.05, 3.63) is 71.8 Å². The molecule has 0 amide bonds. The summed E-state index contributed by atoms with van der Waals surface area (Å²) in [5.74, 6) is 1.34. The van der Waals surface area contributed by atoms with Crippen LogP contribution in [-0.4, -0.2) is 25.6 Å². The van der Waals surface area contributed by atoms with Gasteiger partial charge in [-0.3, -0.25) is 5.10 Å². The van der Waals surface area contributed by atoms with E-state index in [0.29, 0.717) is 16.7 Å². The first kappa shape index (κ1) is 16.5. The first-order chi connectivity index (χ1) is 13.8. The van der Waals surface area contributed by atoms with E-state index in [0.717, 1.165) is 33.2 Å². The molecule has 5 aromatic rings. The summed E-state index contributed by atoms with van der Waals surface area (Å²) < 4.78 is 0. The summed E-state index contributed by atoms with van der Waals surface area (Å²) in [6.07, 6.45) is 0. The molecule has 0 spiro atoms. The fourth-order valence-electron chi connectivity index (χ4n) is 3.01. The predicted octanol–water partition coefficient (Wildman–Crippen LogP) is 5.04. The molecular formula is C20H14ClN7. The van der Waals surface area contributed by atoms with Crippen LogP contribution in [0.4, 0.5) is 23.0 Å². The largest absolute Gasteiger partial charge is 0.338 e. The van der Waals surface area contributed by atoms with Crippen molar-refractivity contribution < 1.29 is 0 Å². The fraction of sp³-hybridized carbons (Fsp3) is 0. The van der Waals surface area contributed by atoms with E-state index >= 15 is 0 Å². The van der Waals surface area contributed by atoms with Gasteiger partial charge in [0.05, 0.1) is 5.52 Å². The van der Waals surface area contributed by atoms with Crippen molar-refractivity contribution in [1.29, 1.82) is 0 Å². The smallest absolute Gasteiger partial charge is 0.161 e. The maximum Gasteiger partial charge on any atom is 0.161 e. The maximum absolute atomic E-state index is 5.96. The number of fused-ring (bicyclic) bond motifs is 2. The summed E-state index contributed by atoms with van der Waals surface area (Å²) in [7, 11) is 0. The van der Waals surface area contributed by atoms with E-state index in [-0.39, 0.29) is 0 Å². The summed E-state index contributed by atoms with van der Waals surface area (Å²) in [4.78, 5) is 0. The minimum atomic E-state index is 0.667. The molecular weight excluding hydrogens is 374 g/mol. The summed E-state index contributed by atoms with van der Waals surface area (Å²) in [5.41, 5.74) is 3.41. The van der Waals surface area contributed by atoms with E-state index in [1.165, 1.54) is 0 Å². The molecule has 0 radical (unpaired) electrons. The summed E-state index contributed by atoms with van der Waals surface area (Å²) >= 11 is 5.96. The Bertz CT molecular complexity index is 1280. The lowest BCUT2D eigenvalue weighted by molar-refractivity contribution is 0.959. The minimum absolute atomic E-state index is 0.667. The number of anilines is 4. The second-order valence-electron chi connectivity index (χ2n) is 6.24. The molecule has 5 rings (SSSR count). The third-order valence-electron chi connectivity index (χ3n) is 4.38. The average Bonchev–Trinajstić information content (AvgIpc) is 3.19. The van der Waals surface area contributed by atoms with E-state index < -0.39 is 0 Å². The van der Waals surface area contributed by atoms with Gasteiger partial charge in [0.1, 0.15) is 5.52 Å². The Morgan fingerprint density at radius 2 is 1.36 bits per heavy atom. The lowest BCUT2D eigenvalue weighted by Gasteiger charge is -2.12. The molecule has 0 aliphatic rings. The van der Waals surface area contributed by atoms with Crippen LogP contribution in [0.25, 0.3) is 21.8 Å². The molecule has 136 valence electrons. The SMILES string of the molecule is Clc1ccc(Nc2nnc(Nc3ccc4[nH]nnc4c3)c3ccccc23)cc1. The van der Waals surface area contributed by atoms with Crippen molar-refractivity contribution in [2.45, 2.75) is 0 Å². The van der Waals surface area contributed by atoms with Gasteiger partial charge in [0.15, 0.2) is 11.6 Å². The number of hydrogen-bond donors (Lipinski definition) is 3. The number of halogens is 1. The van der Waals surface area contributed by atoms with Gasteiger partial charge in [-0.15, -0.1) is 15.3 Å². The van der Waals surface area contributed by atoms with Gasteiger partial charge in [0, 0.05) is 27.2 Å². The highest BCUT2D eigenvalue weighted by Gasteiger charge is 2.10. The first-order valence-electron chi connectivity index (χ1n) is 8.62. The number of nitrogens with zero attached hydrogens (tertiary/aromatic N) is 4. The van der Waals surface area contributed by atoms with Crippen LogP contribution in [0.1, 0.15) is 0 Å². The molecule has 0 atom stereocenters. The van der Waals surface area contributed by atoms with Crippen LogP contribution in [-0.2, 0) is 0 Å². The van der Waals surface area contributed by atoms with Crippen LogP contribution >= 0.6 is 11.6 Å². The molecule has 0 aliphatic heterocycles. The quantitative estimate of drug-likeness (QED) is 0.400. The first-order valence-corrected chi connectivity index (χ1v) is 9.00. The van der Waals surface area contributed by atoms with E-state index in [1.54, 1.807) is 0 Å². The topological polar surface area (TPSA) is 91.4 Å². The number of aromatic nitrogens is 5. The van der Waals surface area contributed by atoms with Crippen LogP contribution in [0.2, 0.25) is 5.02 Å². The Labute approximate surface area is 164 Å². The molecule has 8 heteroatoms. The summed E-state index contributed by atoms with van der Waals surface area (Å²) in [6.45, 7) is 0. The molecule has 0 saturated carbocycles. The van der Waals surface area contributed by atoms with Crippen molar-refractivity contribution in [2.75, 3.05) is 10.6 Å². The van der Waals surface area contributed by atoms with E-state index in [9.17, 15) is 0 Å². The van der Waals surface area contributed by atoms with E-state index in [1.807, 2.05) is 66.7 Å². The van der Waals surface area contributed by atoms with E-state index in [4.69, 9.17) is 11.6 Å². The van der Waals surface area contributed by atoms with Gasteiger partial charge in [-0.05, 0) is 42.5 Å². The Hall–Kier alpha value is -3.71. The number of H-pyrrole nitrogens is 1.